The van der Waals surface area contributed by atoms with Gasteiger partial charge in [-0.15, -0.1) is 11.3 Å². The van der Waals surface area contributed by atoms with E-state index in [1.54, 1.807) is 11.3 Å². The Morgan fingerprint density at radius 2 is 1.95 bits per heavy atom. The van der Waals surface area contributed by atoms with Crippen LogP contribution in [-0.4, -0.2) is 31.4 Å². The third-order valence-corrected chi connectivity index (χ3v) is 4.68. The molecule has 3 nitrogen and oxygen atoms in total. The summed E-state index contributed by atoms with van der Waals surface area (Å²) in [7, 11) is 4.09. The molecule has 0 bridgehead atoms. The smallest absolute Gasteiger partial charge is 0.225 e. The van der Waals surface area contributed by atoms with E-state index in [0.29, 0.717) is 13.0 Å². The normalized spacial score (nSPS) is 12.4. The lowest BCUT2D eigenvalue weighted by Gasteiger charge is -2.25. The van der Waals surface area contributed by atoms with E-state index in [1.165, 1.54) is 11.1 Å². The Labute approximate surface area is 137 Å². The molecule has 118 valence electrons. The van der Waals surface area contributed by atoms with Gasteiger partial charge in [-0.05, 0) is 43.1 Å². The molecule has 1 unspecified atom stereocenters. The first kappa shape index (κ1) is 16.7. The molecule has 0 fully saturated rings. The van der Waals surface area contributed by atoms with Gasteiger partial charge in [0, 0.05) is 11.4 Å². The minimum Gasteiger partial charge on any atom is -0.354 e. The maximum absolute atomic E-state index is 12.0. The van der Waals surface area contributed by atoms with Crippen molar-refractivity contribution in [2.45, 2.75) is 25.8 Å². The van der Waals surface area contributed by atoms with Gasteiger partial charge >= 0.3 is 0 Å². The van der Waals surface area contributed by atoms with Crippen LogP contribution in [0, 0.1) is 0 Å². The topological polar surface area (TPSA) is 32.3 Å². The van der Waals surface area contributed by atoms with Gasteiger partial charge in [0.2, 0.25) is 5.91 Å². The summed E-state index contributed by atoms with van der Waals surface area (Å²) < 4.78 is 0. The molecule has 4 heteroatoms. The van der Waals surface area contributed by atoms with E-state index in [-0.39, 0.29) is 11.9 Å². The molecule has 0 saturated carbocycles. The summed E-state index contributed by atoms with van der Waals surface area (Å²) in [5.74, 6) is 0.0829. The van der Waals surface area contributed by atoms with Crippen LogP contribution in [0.3, 0.4) is 0 Å². The second-order valence-electron chi connectivity index (χ2n) is 5.63. The van der Waals surface area contributed by atoms with Crippen molar-refractivity contribution < 1.29 is 4.79 Å². The van der Waals surface area contributed by atoms with Crippen LogP contribution in [0.25, 0.3) is 0 Å². The highest BCUT2D eigenvalue weighted by atomic mass is 32.1. The molecular formula is C18H24N2OS. The second-order valence-corrected chi connectivity index (χ2v) is 6.67. The molecule has 0 spiro atoms. The van der Waals surface area contributed by atoms with Crippen LogP contribution in [0.4, 0.5) is 0 Å². The highest BCUT2D eigenvalue weighted by molar-refractivity contribution is 7.10. The largest absolute Gasteiger partial charge is 0.354 e. The summed E-state index contributed by atoms with van der Waals surface area (Å²) in [6.45, 7) is 2.78. The summed E-state index contributed by atoms with van der Waals surface area (Å²) in [5, 5.41) is 5.06. The molecule has 22 heavy (non-hydrogen) atoms. The van der Waals surface area contributed by atoms with Crippen LogP contribution >= 0.6 is 11.3 Å². The fraction of sp³-hybridized carbons (Fsp3) is 0.389. The Balaban J connectivity index is 1.95. The van der Waals surface area contributed by atoms with Gasteiger partial charge in [0.05, 0.1) is 12.5 Å². The number of thiophene rings is 1. The maximum Gasteiger partial charge on any atom is 0.225 e. The van der Waals surface area contributed by atoms with Gasteiger partial charge in [-0.1, -0.05) is 37.3 Å². The van der Waals surface area contributed by atoms with Gasteiger partial charge in [0.25, 0.3) is 0 Å². The van der Waals surface area contributed by atoms with Crippen molar-refractivity contribution in [2.75, 3.05) is 20.6 Å². The Morgan fingerprint density at radius 1 is 1.23 bits per heavy atom. The minimum absolute atomic E-state index is 0.0829. The fourth-order valence-corrected chi connectivity index (χ4v) is 3.12. The van der Waals surface area contributed by atoms with E-state index in [1.807, 2.05) is 31.6 Å². The van der Waals surface area contributed by atoms with Crippen molar-refractivity contribution in [3.05, 3.63) is 57.8 Å². The molecule has 2 aromatic rings. The van der Waals surface area contributed by atoms with Gasteiger partial charge < -0.3 is 10.2 Å². The predicted octanol–water partition coefficient (Wildman–Crippen LogP) is 3.27. The van der Waals surface area contributed by atoms with Crippen LogP contribution in [0.15, 0.2) is 41.8 Å². The lowest BCUT2D eigenvalue weighted by Crippen LogP contribution is -2.35. The number of hydrogen-bond donors (Lipinski definition) is 1. The summed E-state index contributed by atoms with van der Waals surface area (Å²) in [5.41, 5.74) is 2.57. The average molecular weight is 316 g/mol. The standard InChI is InChI=1S/C18H24N2OS/c1-4-14-7-9-15(10-8-14)17(20(2)3)13-19-18(21)12-16-6-5-11-22-16/h5-11,17H,4,12-13H2,1-3H3,(H,19,21). The molecule has 0 aliphatic rings. The predicted molar refractivity (Wildman–Crippen MR) is 93.3 cm³/mol. The molecule has 1 aromatic heterocycles. The first-order chi connectivity index (χ1) is 10.6. The SMILES string of the molecule is CCc1ccc(C(CNC(=O)Cc2cccs2)N(C)C)cc1. The lowest BCUT2D eigenvalue weighted by molar-refractivity contribution is -0.120. The molecule has 0 saturated heterocycles. The van der Waals surface area contributed by atoms with Crippen molar-refractivity contribution >= 4 is 17.2 Å². The van der Waals surface area contributed by atoms with Gasteiger partial charge in [-0.2, -0.15) is 0 Å². The minimum atomic E-state index is 0.0829. The van der Waals surface area contributed by atoms with Crippen LogP contribution < -0.4 is 5.32 Å². The maximum atomic E-state index is 12.0. The number of likely N-dealkylation sites (N-methyl/N-ethyl adjacent to an activating group) is 1. The summed E-state index contributed by atoms with van der Waals surface area (Å²) in [6, 6.07) is 12.8. The first-order valence-electron chi connectivity index (χ1n) is 7.64. The van der Waals surface area contributed by atoms with E-state index < -0.39 is 0 Å². The Bertz CT molecular complexity index is 576. The molecule has 0 aliphatic heterocycles. The Kier molecular flexibility index (Phi) is 6.16. The molecule has 0 radical (unpaired) electrons. The molecular weight excluding hydrogens is 292 g/mol. The third kappa shape index (κ3) is 4.68. The zero-order valence-electron chi connectivity index (χ0n) is 13.5. The lowest BCUT2D eigenvalue weighted by atomic mass is 10.0. The van der Waals surface area contributed by atoms with Gasteiger partial charge in [-0.3, -0.25) is 4.79 Å². The van der Waals surface area contributed by atoms with Crippen LogP contribution in [0.5, 0.6) is 0 Å². The highest BCUT2D eigenvalue weighted by Gasteiger charge is 2.15. The Hall–Kier alpha value is -1.65. The molecule has 0 aliphatic carbocycles. The molecule has 2 rings (SSSR count). The van der Waals surface area contributed by atoms with E-state index in [0.717, 1.165) is 11.3 Å². The van der Waals surface area contributed by atoms with Gasteiger partial charge in [0.15, 0.2) is 0 Å². The fourth-order valence-electron chi connectivity index (χ4n) is 2.42. The molecule has 1 heterocycles. The number of aryl methyl sites for hydroxylation is 1. The van der Waals surface area contributed by atoms with Crippen molar-refractivity contribution in [3.8, 4) is 0 Å². The third-order valence-electron chi connectivity index (χ3n) is 3.80. The number of nitrogens with one attached hydrogen (secondary N) is 1. The zero-order valence-corrected chi connectivity index (χ0v) is 14.3. The molecule has 1 N–H and O–H groups in total. The highest BCUT2D eigenvalue weighted by Crippen LogP contribution is 2.18. The Morgan fingerprint density at radius 3 is 2.50 bits per heavy atom. The van der Waals surface area contributed by atoms with Crippen molar-refractivity contribution in [1.29, 1.82) is 0 Å². The number of benzene rings is 1. The van der Waals surface area contributed by atoms with Crippen LogP contribution in [-0.2, 0) is 17.6 Å². The first-order valence-corrected chi connectivity index (χ1v) is 8.52. The van der Waals surface area contributed by atoms with E-state index in [9.17, 15) is 4.79 Å². The summed E-state index contributed by atoms with van der Waals surface area (Å²) >= 11 is 1.62. The van der Waals surface area contributed by atoms with Gasteiger partial charge in [-0.25, -0.2) is 0 Å². The number of amides is 1. The average Bonchev–Trinajstić information content (AvgIpc) is 3.00. The number of rotatable bonds is 7. The number of nitrogens with zero attached hydrogens (tertiary/aromatic N) is 1. The molecule has 1 atom stereocenters. The van der Waals surface area contributed by atoms with E-state index in [2.05, 4.69) is 41.4 Å². The summed E-state index contributed by atoms with van der Waals surface area (Å²) in [6.07, 6.45) is 1.51. The quantitative estimate of drug-likeness (QED) is 0.850. The second kappa shape index (κ2) is 8.11. The van der Waals surface area contributed by atoms with Crippen LogP contribution in [0.1, 0.15) is 29.0 Å². The van der Waals surface area contributed by atoms with Gasteiger partial charge in [0.1, 0.15) is 0 Å². The number of hydrogen-bond acceptors (Lipinski definition) is 3. The molecule has 1 amide bonds. The monoisotopic (exact) mass is 316 g/mol. The van der Waals surface area contributed by atoms with Crippen molar-refractivity contribution in [2.24, 2.45) is 0 Å². The number of carbonyl (C=O) groups is 1. The molecule has 1 aromatic carbocycles. The zero-order chi connectivity index (χ0) is 15.9. The van der Waals surface area contributed by atoms with Crippen molar-refractivity contribution in [1.82, 2.24) is 10.2 Å². The summed E-state index contributed by atoms with van der Waals surface area (Å²) in [4.78, 5) is 15.3. The van der Waals surface area contributed by atoms with Crippen molar-refractivity contribution in [3.63, 3.8) is 0 Å². The van der Waals surface area contributed by atoms with E-state index >= 15 is 0 Å². The van der Waals surface area contributed by atoms with Crippen LogP contribution in [0.2, 0.25) is 0 Å². The van der Waals surface area contributed by atoms with E-state index in [4.69, 9.17) is 0 Å². The number of carbonyl (C=O) groups excluding carboxylic acids is 1.